The number of halogens is 1. The van der Waals surface area contributed by atoms with Crippen molar-refractivity contribution in [3.05, 3.63) is 60.4 Å². The van der Waals surface area contributed by atoms with Crippen molar-refractivity contribution in [2.24, 2.45) is 5.14 Å². The van der Waals surface area contributed by atoms with Gasteiger partial charge in [-0.2, -0.15) is 4.98 Å². The van der Waals surface area contributed by atoms with Gasteiger partial charge in [-0.15, -0.1) is 0 Å². The summed E-state index contributed by atoms with van der Waals surface area (Å²) in [5.41, 5.74) is 1.93. The van der Waals surface area contributed by atoms with Crippen molar-refractivity contribution in [3.8, 4) is 11.3 Å². The second-order valence-electron chi connectivity index (χ2n) is 7.35. The highest BCUT2D eigenvalue weighted by molar-refractivity contribution is 7.89. The Labute approximate surface area is 179 Å². The van der Waals surface area contributed by atoms with Crippen LogP contribution >= 0.6 is 0 Å². The van der Waals surface area contributed by atoms with Gasteiger partial charge in [-0.05, 0) is 61.4 Å². The van der Waals surface area contributed by atoms with Crippen LogP contribution in [-0.4, -0.2) is 42.7 Å². The number of aromatic nitrogens is 2. The molecule has 1 saturated heterocycles. The molecule has 0 bridgehead atoms. The van der Waals surface area contributed by atoms with Gasteiger partial charge in [0.2, 0.25) is 16.0 Å². The number of benzene rings is 2. The lowest BCUT2D eigenvalue weighted by molar-refractivity contribution is 0.145. The van der Waals surface area contributed by atoms with Crippen LogP contribution < -0.4 is 15.4 Å². The lowest BCUT2D eigenvalue weighted by Crippen LogP contribution is -2.36. The van der Waals surface area contributed by atoms with E-state index in [2.05, 4.69) is 20.2 Å². The van der Waals surface area contributed by atoms with Crippen molar-refractivity contribution in [2.45, 2.75) is 23.8 Å². The summed E-state index contributed by atoms with van der Waals surface area (Å²) in [5, 5.41) is 18.0. The van der Waals surface area contributed by atoms with E-state index in [0.717, 1.165) is 5.56 Å². The molecule has 0 radical (unpaired) electrons. The fourth-order valence-corrected chi connectivity index (χ4v) is 3.89. The fraction of sp³-hybridized carbons (Fsp3) is 0.238. The Balaban J connectivity index is 1.68. The standard InChI is InChI=1S/C21H22FN5O3S/c22-15-3-1-14(2-4-15)19-13-20(27-11-9-17(28)10-12-27)26-21(25-19)24-16-5-7-18(8-6-16)31(23,29)30/h1-8,13,17,28H,9-12H2,(H2,23,29,30)(H,24,25,26). The highest BCUT2D eigenvalue weighted by Crippen LogP contribution is 2.27. The van der Waals surface area contributed by atoms with Crippen molar-refractivity contribution >= 4 is 27.5 Å². The molecule has 0 saturated carbocycles. The number of aliphatic hydroxyl groups excluding tert-OH is 1. The molecule has 1 aliphatic rings. The molecule has 1 aromatic heterocycles. The predicted octanol–water partition coefficient (Wildman–Crippen LogP) is 2.63. The summed E-state index contributed by atoms with van der Waals surface area (Å²) in [6.07, 6.45) is 0.978. The zero-order valence-electron chi connectivity index (χ0n) is 16.6. The van der Waals surface area contributed by atoms with Gasteiger partial charge in [0, 0.05) is 30.4 Å². The Morgan fingerprint density at radius 3 is 2.29 bits per heavy atom. The molecular formula is C21H22FN5O3S. The summed E-state index contributed by atoms with van der Waals surface area (Å²) < 4.78 is 36.3. The first-order valence-corrected chi connectivity index (χ1v) is 11.3. The van der Waals surface area contributed by atoms with Gasteiger partial charge in [0.05, 0.1) is 16.7 Å². The van der Waals surface area contributed by atoms with E-state index < -0.39 is 10.0 Å². The Morgan fingerprint density at radius 1 is 1.03 bits per heavy atom. The molecule has 4 N–H and O–H groups in total. The Morgan fingerprint density at radius 2 is 1.68 bits per heavy atom. The lowest BCUT2D eigenvalue weighted by atomic mass is 10.1. The summed E-state index contributed by atoms with van der Waals surface area (Å²) >= 11 is 0. The molecule has 0 atom stereocenters. The molecule has 162 valence electrons. The average Bonchev–Trinajstić information content (AvgIpc) is 2.74. The van der Waals surface area contributed by atoms with E-state index in [1.807, 2.05) is 6.07 Å². The van der Waals surface area contributed by atoms with Gasteiger partial charge < -0.3 is 15.3 Å². The number of nitrogens with one attached hydrogen (secondary N) is 1. The SMILES string of the molecule is NS(=O)(=O)c1ccc(Nc2nc(-c3ccc(F)cc3)cc(N3CCC(O)CC3)n2)cc1. The number of hydrogen-bond donors (Lipinski definition) is 3. The van der Waals surface area contributed by atoms with Crippen LogP contribution in [0, 0.1) is 5.82 Å². The molecule has 1 aliphatic heterocycles. The maximum absolute atomic E-state index is 13.4. The van der Waals surface area contributed by atoms with Crippen LogP contribution in [0.3, 0.4) is 0 Å². The molecule has 0 aliphatic carbocycles. The second-order valence-corrected chi connectivity index (χ2v) is 8.92. The smallest absolute Gasteiger partial charge is 0.238 e. The number of primary sulfonamides is 1. The molecule has 8 nitrogen and oxygen atoms in total. The minimum absolute atomic E-state index is 0.00611. The quantitative estimate of drug-likeness (QED) is 0.554. The summed E-state index contributed by atoms with van der Waals surface area (Å²) in [5.74, 6) is 0.660. The molecule has 0 spiro atoms. The van der Waals surface area contributed by atoms with Gasteiger partial charge in [0.25, 0.3) is 0 Å². The van der Waals surface area contributed by atoms with Crippen LogP contribution in [0.2, 0.25) is 0 Å². The van der Waals surface area contributed by atoms with E-state index in [9.17, 15) is 17.9 Å². The number of nitrogens with zero attached hydrogens (tertiary/aromatic N) is 3. The van der Waals surface area contributed by atoms with E-state index in [1.165, 1.54) is 24.3 Å². The first-order valence-electron chi connectivity index (χ1n) is 9.76. The molecule has 4 rings (SSSR count). The van der Waals surface area contributed by atoms with Crippen molar-refractivity contribution < 1.29 is 17.9 Å². The van der Waals surface area contributed by atoms with Gasteiger partial charge in [-0.1, -0.05) is 0 Å². The Bertz CT molecular complexity index is 1160. The molecule has 0 amide bonds. The van der Waals surface area contributed by atoms with E-state index >= 15 is 0 Å². The first-order chi connectivity index (χ1) is 14.8. The summed E-state index contributed by atoms with van der Waals surface area (Å²) in [7, 11) is -3.78. The van der Waals surface area contributed by atoms with E-state index in [1.54, 1.807) is 24.3 Å². The first kappa shape index (κ1) is 21.2. The normalized spacial score (nSPS) is 15.1. The van der Waals surface area contributed by atoms with Crippen molar-refractivity contribution in [1.82, 2.24) is 9.97 Å². The number of anilines is 3. The Kier molecular flexibility index (Phi) is 5.86. The van der Waals surface area contributed by atoms with E-state index in [4.69, 9.17) is 5.14 Å². The molecule has 1 fully saturated rings. The molecule has 2 aromatic carbocycles. The molecule has 31 heavy (non-hydrogen) atoms. The van der Waals surface area contributed by atoms with Crippen LogP contribution in [0.25, 0.3) is 11.3 Å². The number of piperidine rings is 1. The van der Waals surface area contributed by atoms with E-state index in [0.29, 0.717) is 49.1 Å². The van der Waals surface area contributed by atoms with Crippen molar-refractivity contribution in [1.29, 1.82) is 0 Å². The number of sulfonamides is 1. The second kappa shape index (κ2) is 8.58. The maximum Gasteiger partial charge on any atom is 0.238 e. The number of rotatable bonds is 5. The van der Waals surface area contributed by atoms with Crippen molar-refractivity contribution in [2.75, 3.05) is 23.3 Å². The molecule has 2 heterocycles. The third-order valence-electron chi connectivity index (χ3n) is 5.08. The maximum atomic E-state index is 13.4. The minimum Gasteiger partial charge on any atom is -0.393 e. The topological polar surface area (TPSA) is 121 Å². The summed E-state index contributed by atoms with van der Waals surface area (Å²) in [4.78, 5) is 11.2. The van der Waals surface area contributed by atoms with Gasteiger partial charge >= 0.3 is 0 Å². The van der Waals surface area contributed by atoms with Crippen LogP contribution in [0.4, 0.5) is 21.8 Å². The zero-order valence-corrected chi connectivity index (χ0v) is 17.4. The summed E-state index contributed by atoms with van der Waals surface area (Å²) in [6.45, 7) is 1.31. The predicted molar refractivity (Wildman–Crippen MR) is 116 cm³/mol. The minimum atomic E-state index is -3.78. The monoisotopic (exact) mass is 443 g/mol. The number of nitrogens with two attached hydrogens (primary N) is 1. The molecule has 0 unspecified atom stereocenters. The average molecular weight is 444 g/mol. The third-order valence-corrected chi connectivity index (χ3v) is 6.01. The van der Waals surface area contributed by atoms with Gasteiger partial charge in [0.15, 0.2) is 0 Å². The largest absolute Gasteiger partial charge is 0.393 e. The molecule has 10 heteroatoms. The third kappa shape index (κ3) is 5.16. The lowest BCUT2D eigenvalue weighted by Gasteiger charge is -2.30. The zero-order chi connectivity index (χ0) is 22.0. The highest BCUT2D eigenvalue weighted by atomic mass is 32.2. The molecule has 3 aromatic rings. The van der Waals surface area contributed by atoms with E-state index in [-0.39, 0.29) is 16.8 Å². The van der Waals surface area contributed by atoms with Crippen LogP contribution in [0.15, 0.2) is 59.5 Å². The summed E-state index contributed by atoms with van der Waals surface area (Å²) in [6, 6.07) is 13.8. The van der Waals surface area contributed by atoms with Gasteiger partial charge in [-0.3, -0.25) is 0 Å². The number of aliphatic hydroxyl groups is 1. The van der Waals surface area contributed by atoms with Crippen LogP contribution in [-0.2, 0) is 10.0 Å². The van der Waals surface area contributed by atoms with Gasteiger partial charge in [0.1, 0.15) is 11.6 Å². The van der Waals surface area contributed by atoms with Crippen LogP contribution in [0.5, 0.6) is 0 Å². The fourth-order valence-electron chi connectivity index (χ4n) is 3.37. The number of hydrogen-bond acceptors (Lipinski definition) is 7. The van der Waals surface area contributed by atoms with Gasteiger partial charge in [-0.25, -0.2) is 22.9 Å². The van der Waals surface area contributed by atoms with Crippen LogP contribution in [0.1, 0.15) is 12.8 Å². The molecular weight excluding hydrogens is 421 g/mol. The highest BCUT2D eigenvalue weighted by Gasteiger charge is 2.20. The Hall–Kier alpha value is -3.08. The van der Waals surface area contributed by atoms with Crippen molar-refractivity contribution in [3.63, 3.8) is 0 Å².